The van der Waals surface area contributed by atoms with Crippen LogP contribution in [0.1, 0.15) is 47.6 Å². The number of aromatic nitrogens is 2. The van der Waals surface area contributed by atoms with Gasteiger partial charge >= 0.3 is 0 Å². The molecular formula is C20H24F3N5O2. The molecule has 162 valence electrons. The standard InChI is InChI=1S/C20H24F3N5O2/c1-4-15-11(3)17(28-27-15)18(29)25-12-6-7-14(21)13(8-12)19(5-2)20(22,23)10-30-9-16(24)26-19/h6-8H,4-5,9-10H2,1-3H3,(H2,24,26)(H,25,29)(H,27,28). The number of aryl methyl sites for hydroxylation is 1. The van der Waals surface area contributed by atoms with E-state index in [4.69, 9.17) is 10.5 Å². The summed E-state index contributed by atoms with van der Waals surface area (Å²) in [4.78, 5) is 16.6. The number of benzene rings is 1. The van der Waals surface area contributed by atoms with Crippen LogP contribution in [0.5, 0.6) is 0 Å². The zero-order valence-corrected chi connectivity index (χ0v) is 17.0. The number of nitrogens with one attached hydrogen (secondary N) is 2. The lowest BCUT2D eigenvalue weighted by Crippen LogP contribution is -2.47. The second-order valence-electron chi connectivity index (χ2n) is 7.19. The van der Waals surface area contributed by atoms with Crippen molar-refractivity contribution in [1.82, 2.24) is 10.2 Å². The van der Waals surface area contributed by atoms with Gasteiger partial charge in [0, 0.05) is 22.5 Å². The third-order valence-corrected chi connectivity index (χ3v) is 5.33. The van der Waals surface area contributed by atoms with E-state index in [0.717, 1.165) is 17.8 Å². The lowest BCUT2D eigenvalue weighted by Gasteiger charge is -2.36. The Hall–Kier alpha value is -2.88. The molecule has 2 aromatic rings. The maximum atomic E-state index is 15.0. The SMILES string of the molecule is CCc1[nH]nc(C(=O)Nc2ccc(F)c(C3(CC)N=C(N)COCC3(F)F)c2)c1C. The Morgan fingerprint density at radius 3 is 2.73 bits per heavy atom. The Balaban J connectivity index is 2.03. The van der Waals surface area contributed by atoms with Crippen molar-refractivity contribution < 1.29 is 22.7 Å². The van der Waals surface area contributed by atoms with Crippen molar-refractivity contribution in [2.75, 3.05) is 18.5 Å². The number of carbonyl (C=O) groups excluding carboxylic acids is 1. The van der Waals surface area contributed by atoms with Crippen molar-refractivity contribution in [1.29, 1.82) is 0 Å². The monoisotopic (exact) mass is 423 g/mol. The molecule has 1 aliphatic heterocycles. The number of alkyl halides is 2. The van der Waals surface area contributed by atoms with Crippen molar-refractivity contribution >= 4 is 17.4 Å². The summed E-state index contributed by atoms with van der Waals surface area (Å²) in [6, 6.07) is 3.47. The van der Waals surface area contributed by atoms with Crippen molar-refractivity contribution in [2.45, 2.75) is 45.1 Å². The highest BCUT2D eigenvalue weighted by molar-refractivity contribution is 6.04. The maximum absolute atomic E-state index is 15.0. The number of aromatic amines is 1. The Morgan fingerprint density at radius 2 is 2.10 bits per heavy atom. The van der Waals surface area contributed by atoms with Gasteiger partial charge < -0.3 is 15.8 Å². The first kappa shape index (κ1) is 21.8. The van der Waals surface area contributed by atoms with Crippen LogP contribution in [-0.4, -0.2) is 41.1 Å². The normalized spacial score (nSPS) is 21.1. The average Bonchev–Trinajstić information content (AvgIpc) is 3.02. The van der Waals surface area contributed by atoms with E-state index in [1.54, 1.807) is 6.92 Å². The molecule has 1 amide bonds. The zero-order valence-electron chi connectivity index (χ0n) is 17.0. The highest BCUT2D eigenvalue weighted by atomic mass is 19.3. The summed E-state index contributed by atoms with van der Waals surface area (Å²) in [6.45, 7) is 3.92. The Bertz CT molecular complexity index is 989. The molecule has 0 spiro atoms. The Kier molecular flexibility index (Phi) is 5.89. The molecule has 0 saturated heterocycles. The summed E-state index contributed by atoms with van der Waals surface area (Å²) in [5, 5.41) is 9.38. The van der Waals surface area contributed by atoms with E-state index < -0.39 is 29.8 Å². The molecular weight excluding hydrogens is 399 g/mol. The van der Waals surface area contributed by atoms with Gasteiger partial charge in [0.15, 0.2) is 11.2 Å². The van der Waals surface area contributed by atoms with Gasteiger partial charge in [-0.2, -0.15) is 5.10 Å². The molecule has 30 heavy (non-hydrogen) atoms. The number of amides is 1. The van der Waals surface area contributed by atoms with Gasteiger partial charge in [-0.1, -0.05) is 13.8 Å². The summed E-state index contributed by atoms with van der Waals surface area (Å²) in [7, 11) is 0. The van der Waals surface area contributed by atoms with E-state index in [0.29, 0.717) is 12.0 Å². The van der Waals surface area contributed by atoms with E-state index in [2.05, 4.69) is 20.5 Å². The van der Waals surface area contributed by atoms with Crippen LogP contribution in [0.25, 0.3) is 0 Å². The first-order valence-corrected chi connectivity index (χ1v) is 9.60. The molecule has 0 fully saturated rings. The minimum Gasteiger partial charge on any atom is -0.385 e. The average molecular weight is 423 g/mol. The molecule has 0 aliphatic carbocycles. The van der Waals surface area contributed by atoms with Crippen LogP contribution in [0.4, 0.5) is 18.9 Å². The summed E-state index contributed by atoms with van der Waals surface area (Å²) < 4.78 is 49.7. The van der Waals surface area contributed by atoms with Gasteiger partial charge in [0.25, 0.3) is 11.8 Å². The molecule has 1 aromatic carbocycles. The molecule has 0 saturated carbocycles. The smallest absolute Gasteiger partial charge is 0.299 e. The van der Waals surface area contributed by atoms with Gasteiger partial charge in [-0.05, 0) is 38.0 Å². The lowest BCUT2D eigenvalue weighted by atomic mass is 9.81. The fraction of sp³-hybridized carbons (Fsp3) is 0.450. The van der Waals surface area contributed by atoms with Crippen molar-refractivity contribution in [3.8, 4) is 0 Å². The second kappa shape index (κ2) is 8.10. The largest absolute Gasteiger partial charge is 0.385 e. The summed E-state index contributed by atoms with van der Waals surface area (Å²) in [5.74, 6) is -5.08. The van der Waals surface area contributed by atoms with Crippen LogP contribution < -0.4 is 11.1 Å². The molecule has 0 radical (unpaired) electrons. The minimum atomic E-state index is -3.51. The number of H-pyrrole nitrogens is 1. The molecule has 2 heterocycles. The zero-order chi connectivity index (χ0) is 22.1. The Labute approximate surface area is 171 Å². The van der Waals surface area contributed by atoms with Crippen LogP contribution in [0, 0.1) is 12.7 Å². The summed E-state index contributed by atoms with van der Waals surface area (Å²) in [6.07, 6.45) is 0.444. The van der Waals surface area contributed by atoms with Crippen molar-refractivity contribution in [3.05, 3.63) is 46.5 Å². The van der Waals surface area contributed by atoms with E-state index >= 15 is 8.78 Å². The number of hydrogen-bond acceptors (Lipinski definition) is 5. The number of hydrogen-bond donors (Lipinski definition) is 3. The maximum Gasteiger partial charge on any atom is 0.299 e. The molecule has 1 unspecified atom stereocenters. The van der Waals surface area contributed by atoms with E-state index in [1.807, 2.05) is 6.92 Å². The van der Waals surface area contributed by atoms with Crippen LogP contribution >= 0.6 is 0 Å². The molecule has 4 N–H and O–H groups in total. The predicted octanol–water partition coefficient (Wildman–Crippen LogP) is 3.30. The molecule has 7 nitrogen and oxygen atoms in total. The Morgan fingerprint density at radius 1 is 1.37 bits per heavy atom. The fourth-order valence-corrected chi connectivity index (χ4v) is 3.66. The number of ether oxygens (including phenoxy) is 1. The number of aliphatic imine (C=N–C) groups is 1. The molecule has 1 aliphatic rings. The minimum absolute atomic E-state index is 0.138. The molecule has 10 heteroatoms. The van der Waals surface area contributed by atoms with E-state index in [1.165, 1.54) is 13.0 Å². The number of rotatable bonds is 5. The van der Waals surface area contributed by atoms with Gasteiger partial charge in [-0.25, -0.2) is 13.2 Å². The highest BCUT2D eigenvalue weighted by Gasteiger charge is 2.56. The second-order valence-corrected chi connectivity index (χ2v) is 7.19. The number of carbonyl (C=O) groups is 1. The molecule has 1 atom stereocenters. The molecule has 1 aromatic heterocycles. The third kappa shape index (κ3) is 3.67. The third-order valence-electron chi connectivity index (χ3n) is 5.33. The number of anilines is 1. The van der Waals surface area contributed by atoms with Crippen LogP contribution in [-0.2, 0) is 16.7 Å². The topological polar surface area (TPSA) is 105 Å². The summed E-state index contributed by atoms with van der Waals surface area (Å²) in [5.41, 5.74) is 4.91. The number of nitrogens with zero attached hydrogens (tertiary/aromatic N) is 2. The first-order valence-electron chi connectivity index (χ1n) is 9.60. The van der Waals surface area contributed by atoms with Gasteiger partial charge in [0.2, 0.25) is 0 Å². The number of halogens is 3. The van der Waals surface area contributed by atoms with Crippen LogP contribution in [0.15, 0.2) is 23.2 Å². The van der Waals surface area contributed by atoms with Crippen LogP contribution in [0.3, 0.4) is 0 Å². The van der Waals surface area contributed by atoms with Gasteiger partial charge in [0.05, 0.1) is 0 Å². The highest BCUT2D eigenvalue weighted by Crippen LogP contribution is 2.46. The number of amidine groups is 1. The molecule has 3 rings (SSSR count). The van der Waals surface area contributed by atoms with Gasteiger partial charge in [-0.15, -0.1) is 0 Å². The quantitative estimate of drug-likeness (QED) is 0.686. The van der Waals surface area contributed by atoms with Gasteiger partial charge in [0.1, 0.15) is 24.9 Å². The summed E-state index contributed by atoms with van der Waals surface area (Å²) >= 11 is 0. The lowest BCUT2D eigenvalue weighted by molar-refractivity contribution is -0.123. The predicted molar refractivity (Wildman–Crippen MR) is 106 cm³/mol. The molecule has 0 bridgehead atoms. The van der Waals surface area contributed by atoms with Gasteiger partial charge in [-0.3, -0.25) is 14.9 Å². The van der Waals surface area contributed by atoms with Crippen molar-refractivity contribution in [3.63, 3.8) is 0 Å². The van der Waals surface area contributed by atoms with E-state index in [-0.39, 0.29) is 35.8 Å². The van der Waals surface area contributed by atoms with E-state index in [9.17, 15) is 9.18 Å². The van der Waals surface area contributed by atoms with Crippen molar-refractivity contribution in [2.24, 2.45) is 10.7 Å². The first-order chi connectivity index (χ1) is 14.1. The van der Waals surface area contributed by atoms with Crippen LogP contribution in [0.2, 0.25) is 0 Å². The number of nitrogens with two attached hydrogens (primary N) is 1. The fourth-order valence-electron chi connectivity index (χ4n) is 3.66.